The first-order chi connectivity index (χ1) is 17.4. The fourth-order valence-electron chi connectivity index (χ4n) is 3.97. The number of carbonyl (C=O) groups excluding carboxylic acids is 2. The number of nitriles is 1. The van der Waals surface area contributed by atoms with Crippen molar-refractivity contribution in [1.82, 2.24) is 5.32 Å². The molecule has 1 atom stereocenters. The molecule has 1 aliphatic rings. The Kier molecular flexibility index (Phi) is 7.62. The molecule has 2 aromatic carbocycles. The van der Waals surface area contributed by atoms with Gasteiger partial charge in [-0.2, -0.15) is 5.26 Å². The van der Waals surface area contributed by atoms with Crippen molar-refractivity contribution in [2.45, 2.75) is 19.8 Å². The second kappa shape index (κ2) is 11.0. The van der Waals surface area contributed by atoms with Crippen LogP contribution in [0.5, 0.6) is 5.75 Å². The van der Waals surface area contributed by atoms with Crippen molar-refractivity contribution in [3.63, 3.8) is 0 Å². The van der Waals surface area contributed by atoms with Crippen LogP contribution in [0.25, 0.3) is 0 Å². The molecule has 36 heavy (non-hydrogen) atoms. The molecule has 1 amide bonds. The minimum absolute atomic E-state index is 0.0533. The van der Waals surface area contributed by atoms with Crippen molar-refractivity contribution >= 4 is 29.1 Å². The number of ketones is 1. The van der Waals surface area contributed by atoms with Crippen LogP contribution in [-0.4, -0.2) is 24.6 Å². The predicted octanol–water partition coefficient (Wildman–Crippen LogP) is 5.55. The van der Waals surface area contributed by atoms with Gasteiger partial charge in [-0.3, -0.25) is 9.59 Å². The van der Waals surface area contributed by atoms with Crippen molar-refractivity contribution in [3.05, 3.63) is 106 Å². The number of para-hydroxylation sites is 2. The number of hydrogen-bond acceptors (Lipinski definition) is 7. The molecular weight excluding hydrogens is 474 g/mol. The van der Waals surface area contributed by atoms with E-state index < -0.39 is 11.8 Å². The van der Waals surface area contributed by atoms with Gasteiger partial charge in [0.25, 0.3) is 5.91 Å². The molecule has 0 unspecified atom stereocenters. The molecule has 0 saturated heterocycles. The number of amides is 1. The average Bonchev–Trinajstić information content (AvgIpc) is 3.42. The van der Waals surface area contributed by atoms with Crippen LogP contribution in [0.1, 0.15) is 34.5 Å². The van der Waals surface area contributed by atoms with E-state index in [-0.39, 0.29) is 11.5 Å². The van der Waals surface area contributed by atoms with Crippen LogP contribution >= 0.6 is 11.8 Å². The topological polar surface area (TPSA) is 104 Å². The van der Waals surface area contributed by atoms with Gasteiger partial charge in [-0.05, 0) is 38.1 Å². The number of methoxy groups -OCH3 is 1. The molecule has 2 N–H and O–H groups in total. The maximum absolute atomic E-state index is 13.5. The summed E-state index contributed by atoms with van der Waals surface area (Å²) in [7, 11) is 1.53. The maximum atomic E-state index is 13.5. The first-order valence-electron chi connectivity index (χ1n) is 11.3. The van der Waals surface area contributed by atoms with E-state index in [1.54, 1.807) is 49.4 Å². The molecule has 2 heterocycles. The third-order valence-corrected chi connectivity index (χ3v) is 6.81. The van der Waals surface area contributed by atoms with Gasteiger partial charge in [-0.25, -0.2) is 0 Å². The fourth-order valence-corrected chi connectivity index (χ4v) is 4.95. The molecule has 0 bridgehead atoms. The zero-order valence-corrected chi connectivity index (χ0v) is 20.9. The Bertz CT molecular complexity index is 1380. The monoisotopic (exact) mass is 499 g/mol. The first-order valence-corrected chi connectivity index (χ1v) is 12.2. The number of allylic oxidation sites excluding steroid dienone is 2. The molecule has 7 nitrogen and oxygen atoms in total. The Morgan fingerprint density at radius 3 is 2.53 bits per heavy atom. The van der Waals surface area contributed by atoms with Crippen LogP contribution in [0.3, 0.4) is 0 Å². The van der Waals surface area contributed by atoms with E-state index in [2.05, 4.69) is 16.7 Å². The number of anilines is 1. The van der Waals surface area contributed by atoms with E-state index in [1.165, 1.54) is 25.1 Å². The van der Waals surface area contributed by atoms with Crippen LogP contribution in [0, 0.1) is 18.3 Å². The van der Waals surface area contributed by atoms with Crippen LogP contribution in [-0.2, 0) is 4.79 Å². The number of aryl methyl sites for hydroxylation is 1. The Labute approximate surface area is 213 Å². The van der Waals surface area contributed by atoms with Gasteiger partial charge >= 0.3 is 0 Å². The van der Waals surface area contributed by atoms with Gasteiger partial charge in [0.05, 0.1) is 53.0 Å². The van der Waals surface area contributed by atoms with E-state index in [0.717, 1.165) is 5.56 Å². The van der Waals surface area contributed by atoms with E-state index >= 15 is 0 Å². The number of dihydropyridines is 1. The summed E-state index contributed by atoms with van der Waals surface area (Å²) >= 11 is 1.23. The van der Waals surface area contributed by atoms with E-state index in [1.807, 2.05) is 25.1 Å². The lowest BCUT2D eigenvalue weighted by Crippen LogP contribution is -2.30. The zero-order chi connectivity index (χ0) is 25.7. The molecule has 3 aromatic rings. The van der Waals surface area contributed by atoms with Crippen molar-refractivity contribution in [3.8, 4) is 11.8 Å². The first kappa shape index (κ1) is 24.9. The Hall–Kier alpha value is -4.22. The van der Waals surface area contributed by atoms with Crippen molar-refractivity contribution in [2.24, 2.45) is 0 Å². The van der Waals surface area contributed by atoms with Gasteiger partial charge in [0.1, 0.15) is 11.5 Å². The second-order valence-corrected chi connectivity index (χ2v) is 9.18. The normalized spacial score (nSPS) is 15.2. The quantitative estimate of drug-likeness (QED) is 0.392. The summed E-state index contributed by atoms with van der Waals surface area (Å²) in [4.78, 5) is 26.3. The highest BCUT2D eigenvalue weighted by Gasteiger charge is 2.36. The number of furan rings is 1. The molecule has 182 valence electrons. The van der Waals surface area contributed by atoms with Gasteiger partial charge in [-0.15, -0.1) is 0 Å². The number of Topliss-reactive ketones (excluding diaryl/α,β-unsaturated/α-hetero) is 1. The molecular formula is C28H25N3O4S. The SMILES string of the molecule is COc1ccccc1NC(=O)C1=C(C)NC(SCC(=O)c2ccc(C)cc2)=C(C#N)[C@H]1c1ccco1. The van der Waals surface area contributed by atoms with Crippen LogP contribution in [0.4, 0.5) is 5.69 Å². The Balaban J connectivity index is 1.64. The van der Waals surface area contributed by atoms with Gasteiger partial charge < -0.3 is 19.8 Å². The molecule has 0 fully saturated rings. The second-order valence-electron chi connectivity index (χ2n) is 8.20. The smallest absolute Gasteiger partial charge is 0.254 e. The minimum atomic E-state index is -0.738. The lowest BCUT2D eigenvalue weighted by molar-refractivity contribution is -0.113. The molecule has 1 aliphatic heterocycles. The average molecular weight is 500 g/mol. The number of benzene rings is 2. The van der Waals surface area contributed by atoms with E-state index in [0.29, 0.717) is 44.6 Å². The maximum Gasteiger partial charge on any atom is 0.254 e. The largest absolute Gasteiger partial charge is 0.495 e. The number of nitrogens with zero attached hydrogens (tertiary/aromatic N) is 1. The van der Waals surface area contributed by atoms with Crippen molar-refractivity contribution < 1.29 is 18.7 Å². The number of nitrogens with one attached hydrogen (secondary N) is 2. The minimum Gasteiger partial charge on any atom is -0.495 e. The molecule has 0 radical (unpaired) electrons. The molecule has 1 aromatic heterocycles. The van der Waals surface area contributed by atoms with Crippen molar-refractivity contribution in [1.29, 1.82) is 5.26 Å². The van der Waals surface area contributed by atoms with Gasteiger partial charge in [0.15, 0.2) is 5.78 Å². The highest BCUT2D eigenvalue weighted by atomic mass is 32.2. The number of hydrogen-bond donors (Lipinski definition) is 2. The van der Waals surface area contributed by atoms with Crippen LogP contribution in [0.15, 0.2) is 93.2 Å². The molecule has 0 spiro atoms. The summed E-state index contributed by atoms with van der Waals surface area (Å²) in [6, 6.07) is 20.2. The lowest BCUT2D eigenvalue weighted by Gasteiger charge is -2.28. The summed E-state index contributed by atoms with van der Waals surface area (Å²) in [5.41, 5.74) is 3.41. The van der Waals surface area contributed by atoms with Gasteiger partial charge in [0, 0.05) is 11.3 Å². The third kappa shape index (κ3) is 5.21. The summed E-state index contributed by atoms with van der Waals surface area (Å²) in [6.07, 6.45) is 1.51. The molecule has 8 heteroatoms. The summed E-state index contributed by atoms with van der Waals surface area (Å²) in [6.45, 7) is 3.73. The predicted molar refractivity (Wildman–Crippen MR) is 140 cm³/mol. The lowest BCUT2D eigenvalue weighted by atomic mass is 9.85. The van der Waals surface area contributed by atoms with Gasteiger partial charge in [0.2, 0.25) is 0 Å². The molecule has 0 saturated carbocycles. The van der Waals surface area contributed by atoms with Crippen LogP contribution < -0.4 is 15.4 Å². The molecule has 4 rings (SSSR count). The third-order valence-electron chi connectivity index (χ3n) is 5.80. The molecule has 0 aliphatic carbocycles. The Morgan fingerprint density at radius 2 is 1.86 bits per heavy atom. The Morgan fingerprint density at radius 1 is 1.11 bits per heavy atom. The number of thioether (sulfide) groups is 1. The highest BCUT2D eigenvalue weighted by Crippen LogP contribution is 2.41. The van der Waals surface area contributed by atoms with Gasteiger partial charge in [-0.1, -0.05) is 53.7 Å². The number of rotatable bonds is 8. The van der Waals surface area contributed by atoms with E-state index in [4.69, 9.17) is 9.15 Å². The highest BCUT2D eigenvalue weighted by molar-refractivity contribution is 8.03. The number of ether oxygens (including phenoxy) is 1. The van der Waals surface area contributed by atoms with E-state index in [9.17, 15) is 14.9 Å². The standard InChI is InChI=1S/C28H25N3O4S/c1-17-10-12-19(13-11-17)22(32)16-36-28-20(15-29)26(24-9-6-14-35-24)25(18(2)30-28)27(33)31-21-7-4-5-8-23(21)34-3/h4-14,26,30H,16H2,1-3H3,(H,31,33)/t26-/m0/s1. The van der Waals surface area contributed by atoms with Crippen molar-refractivity contribution in [2.75, 3.05) is 18.2 Å². The zero-order valence-electron chi connectivity index (χ0n) is 20.1. The summed E-state index contributed by atoms with van der Waals surface area (Å²) < 4.78 is 11.0. The fraction of sp³-hybridized carbons (Fsp3) is 0.179. The van der Waals surface area contributed by atoms with Crippen LogP contribution in [0.2, 0.25) is 0 Å². The summed E-state index contributed by atoms with van der Waals surface area (Å²) in [5.74, 6) is -0.0685. The summed E-state index contributed by atoms with van der Waals surface area (Å²) in [5, 5.41) is 16.7. The number of carbonyl (C=O) groups is 2.